The lowest BCUT2D eigenvalue weighted by Crippen LogP contribution is -2.42. The van der Waals surface area contributed by atoms with Gasteiger partial charge in [0.25, 0.3) is 0 Å². The van der Waals surface area contributed by atoms with Crippen LogP contribution in [0.15, 0.2) is 0 Å². The highest BCUT2D eigenvalue weighted by Crippen LogP contribution is 2.14. The maximum Gasteiger partial charge on any atom is 0.237 e. The van der Waals surface area contributed by atoms with Crippen LogP contribution < -0.4 is 11.1 Å². The van der Waals surface area contributed by atoms with Crippen LogP contribution in [0, 0.1) is 0 Å². The Labute approximate surface area is 103 Å². The number of nitrogens with one attached hydrogen (secondary N) is 1. The van der Waals surface area contributed by atoms with Gasteiger partial charge in [0.05, 0.1) is 12.1 Å². The van der Waals surface area contributed by atoms with E-state index in [0.717, 1.165) is 25.9 Å². The van der Waals surface area contributed by atoms with Gasteiger partial charge in [0.1, 0.15) is 0 Å². The van der Waals surface area contributed by atoms with E-state index in [2.05, 4.69) is 5.32 Å². The highest BCUT2D eigenvalue weighted by molar-refractivity contribution is 5.81. The molecule has 1 saturated heterocycles. The molecule has 3 N–H and O–H groups in total. The van der Waals surface area contributed by atoms with Crippen molar-refractivity contribution in [2.24, 2.45) is 5.73 Å². The highest BCUT2D eigenvalue weighted by atomic mass is 16.5. The molecule has 17 heavy (non-hydrogen) atoms. The third-order valence-electron chi connectivity index (χ3n) is 3.01. The van der Waals surface area contributed by atoms with Crippen LogP contribution in [0.1, 0.15) is 32.1 Å². The predicted octanol–water partition coefficient (Wildman–Crippen LogP) is 0.426. The molecule has 2 atom stereocenters. The van der Waals surface area contributed by atoms with Gasteiger partial charge in [-0.05, 0) is 32.1 Å². The zero-order chi connectivity index (χ0) is 12.5. The zero-order valence-corrected chi connectivity index (χ0v) is 10.6. The second kappa shape index (κ2) is 8.44. The third-order valence-corrected chi connectivity index (χ3v) is 3.01. The number of methoxy groups -OCH3 is 1. The van der Waals surface area contributed by atoms with Crippen LogP contribution in [0.3, 0.4) is 0 Å². The number of carbonyl (C=O) groups is 1. The molecule has 1 aliphatic rings. The lowest BCUT2D eigenvalue weighted by molar-refractivity contribution is -0.122. The summed E-state index contributed by atoms with van der Waals surface area (Å²) in [4.78, 5) is 11.6. The van der Waals surface area contributed by atoms with Crippen molar-refractivity contribution >= 4 is 5.91 Å². The summed E-state index contributed by atoms with van der Waals surface area (Å²) in [6.45, 7) is 2.01. The second-order valence-corrected chi connectivity index (χ2v) is 4.46. The van der Waals surface area contributed by atoms with Crippen molar-refractivity contribution in [3.63, 3.8) is 0 Å². The minimum absolute atomic E-state index is 0.0992. The average molecular weight is 244 g/mol. The summed E-state index contributed by atoms with van der Waals surface area (Å²) in [5.41, 5.74) is 5.70. The van der Waals surface area contributed by atoms with Crippen molar-refractivity contribution < 1.29 is 14.3 Å². The number of amides is 1. The first-order chi connectivity index (χ1) is 8.24. The van der Waals surface area contributed by atoms with Crippen LogP contribution in [0.5, 0.6) is 0 Å². The number of hydrogen-bond donors (Lipinski definition) is 2. The van der Waals surface area contributed by atoms with Gasteiger partial charge in [-0.25, -0.2) is 0 Å². The number of hydrogen-bond acceptors (Lipinski definition) is 4. The Hall–Kier alpha value is -0.650. The van der Waals surface area contributed by atoms with Crippen LogP contribution in [0.2, 0.25) is 0 Å². The summed E-state index contributed by atoms with van der Waals surface area (Å²) in [6.07, 6.45) is 5.23. The van der Waals surface area contributed by atoms with Gasteiger partial charge in [-0.1, -0.05) is 0 Å². The van der Waals surface area contributed by atoms with E-state index in [1.807, 2.05) is 0 Å². The predicted molar refractivity (Wildman–Crippen MR) is 65.7 cm³/mol. The van der Waals surface area contributed by atoms with E-state index in [9.17, 15) is 4.79 Å². The van der Waals surface area contributed by atoms with E-state index in [1.54, 1.807) is 7.11 Å². The van der Waals surface area contributed by atoms with Gasteiger partial charge in [-0.2, -0.15) is 0 Å². The van der Waals surface area contributed by atoms with Crippen LogP contribution in [0.4, 0.5) is 0 Å². The molecule has 2 unspecified atom stereocenters. The van der Waals surface area contributed by atoms with E-state index in [-0.39, 0.29) is 5.91 Å². The molecule has 0 saturated carbocycles. The van der Waals surface area contributed by atoms with Crippen LogP contribution in [-0.4, -0.2) is 44.9 Å². The van der Waals surface area contributed by atoms with Crippen LogP contribution in [0.25, 0.3) is 0 Å². The molecule has 100 valence electrons. The van der Waals surface area contributed by atoms with E-state index in [1.165, 1.54) is 6.42 Å². The van der Waals surface area contributed by atoms with E-state index >= 15 is 0 Å². The summed E-state index contributed by atoms with van der Waals surface area (Å²) >= 11 is 0. The molecule has 0 aliphatic carbocycles. The van der Waals surface area contributed by atoms with Gasteiger partial charge in [0.2, 0.25) is 5.91 Å². The second-order valence-electron chi connectivity index (χ2n) is 4.46. The quantitative estimate of drug-likeness (QED) is 0.681. The van der Waals surface area contributed by atoms with Crippen molar-refractivity contribution in [3.05, 3.63) is 0 Å². The first-order valence-corrected chi connectivity index (χ1v) is 6.38. The van der Waals surface area contributed by atoms with Crippen LogP contribution >= 0.6 is 0 Å². The Morgan fingerprint density at radius 3 is 3.06 bits per heavy atom. The molecule has 1 rings (SSSR count). The summed E-state index contributed by atoms with van der Waals surface area (Å²) in [5, 5.41) is 2.84. The molecule has 0 aromatic rings. The zero-order valence-electron chi connectivity index (χ0n) is 10.6. The first kappa shape index (κ1) is 14.4. The van der Waals surface area contributed by atoms with Crippen molar-refractivity contribution in [2.45, 2.75) is 44.2 Å². The Bertz CT molecular complexity index is 218. The summed E-state index contributed by atoms with van der Waals surface area (Å²) < 4.78 is 10.5. The topological polar surface area (TPSA) is 73.6 Å². The molecule has 5 heteroatoms. The number of carbonyl (C=O) groups excluding carboxylic acids is 1. The van der Waals surface area contributed by atoms with Crippen molar-refractivity contribution in [3.8, 4) is 0 Å². The van der Waals surface area contributed by atoms with Crippen molar-refractivity contribution in [1.82, 2.24) is 5.32 Å². The number of nitrogens with two attached hydrogens (primary N) is 1. The summed E-state index contributed by atoms with van der Waals surface area (Å²) in [6, 6.07) is -0.470. The minimum atomic E-state index is -0.470. The van der Waals surface area contributed by atoms with Crippen LogP contribution in [-0.2, 0) is 14.3 Å². The fraction of sp³-hybridized carbons (Fsp3) is 0.917. The minimum Gasteiger partial charge on any atom is -0.385 e. The van der Waals surface area contributed by atoms with E-state index in [0.29, 0.717) is 25.7 Å². The molecule has 0 aromatic heterocycles. The normalized spacial score (nSPS) is 22.1. The Balaban J connectivity index is 2.06. The molecule has 5 nitrogen and oxygen atoms in total. The van der Waals surface area contributed by atoms with Gasteiger partial charge in [-0.3, -0.25) is 4.79 Å². The lowest BCUT2D eigenvalue weighted by atomic mass is 10.1. The average Bonchev–Trinajstić information content (AvgIpc) is 2.37. The van der Waals surface area contributed by atoms with Gasteiger partial charge in [0.15, 0.2) is 0 Å². The fourth-order valence-electron chi connectivity index (χ4n) is 1.90. The van der Waals surface area contributed by atoms with Gasteiger partial charge in [-0.15, -0.1) is 0 Å². The Morgan fingerprint density at radius 1 is 1.59 bits per heavy atom. The molecule has 1 fully saturated rings. The maximum absolute atomic E-state index is 11.6. The number of ether oxygens (including phenoxy) is 2. The molecule has 1 heterocycles. The van der Waals surface area contributed by atoms with Crippen molar-refractivity contribution in [2.75, 3.05) is 26.9 Å². The van der Waals surface area contributed by atoms with Gasteiger partial charge < -0.3 is 20.5 Å². The summed E-state index contributed by atoms with van der Waals surface area (Å²) in [7, 11) is 1.60. The standard InChI is InChI=1S/C12H24N2O3/c1-16-9-6-11(13)12(15)14-7-5-10-4-2-3-8-17-10/h10-11H,2-9,13H2,1H3,(H,14,15). The Morgan fingerprint density at radius 2 is 2.41 bits per heavy atom. The fourth-order valence-corrected chi connectivity index (χ4v) is 1.90. The Kier molecular flexibility index (Phi) is 7.16. The molecule has 0 radical (unpaired) electrons. The SMILES string of the molecule is COCCC(N)C(=O)NCCC1CCCCO1. The van der Waals surface area contributed by atoms with E-state index < -0.39 is 6.04 Å². The van der Waals surface area contributed by atoms with Crippen molar-refractivity contribution in [1.29, 1.82) is 0 Å². The van der Waals surface area contributed by atoms with E-state index in [4.69, 9.17) is 15.2 Å². The molecular formula is C12H24N2O3. The monoisotopic (exact) mass is 244 g/mol. The molecule has 1 amide bonds. The molecule has 0 spiro atoms. The molecular weight excluding hydrogens is 220 g/mol. The lowest BCUT2D eigenvalue weighted by Gasteiger charge is -2.22. The molecule has 0 aromatic carbocycles. The first-order valence-electron chi connectivity index (χ1n) is 6.38. The highest BCUT2D eigenvalue weighted by Gasteiger charge is 2.15. The number of rotatable bonds is 7. The molecule has 0 bridgehead atoms. The largest absolute Gasteiger partial charge is 0.385 e. The van der Waals surface area contributed by atoms with Gasteiger partial charge in [0, 0.05) is 26.9 Å². The smallest absolute Gasteiger partial charge is 0.237 e. The van der Waals surface area contributed by atoms with Gasteiger partial charge >= 0.3 is 0 Å². The maximum atomic E-state index is 11.6. The third kappa shape index (κ3) is 6.00. The molecule has 1 aliphatic heterocycles. The summed E-state index contributed by atoms with van der Waals surface area (Å²) in [5.74, 6) is -0.0992.